The van der Waals surface area contributed by atoms with E-state index >= 15 is 0 Å². The molecule has 0 aliphatic carbocycles. The van der Waals surface area contributed by atoms with E-state index in [-0.39, 0.29) is 0 Å². The minimum absolute atomic E-state index is 0.637. The van der Waals surface area contributed by atoms with Crippen LogP contribution in [0, 0.1) is 0 Å². The average Bonchev–Trinajstić information content (AvgIpc) is 2.50. The van der Waals surface area contributed by atoms with E-state index in [0.717, 1.165) is 6.54 Å². The molecule has 4 atom stereocenters. The van der Waals surface area contributed by atoms with Crippen molar-refractivity contribution in [3.8, 4) is 0 Å². The highest BCUT2D eigenvalue weighted by molar-refractivity contribution is 4.98. The third-order valence-corrected chi connectivity index (χ3v) is 6.26. The molecule has 4 unspecified atom stereocenters. The van der Waals surface area contributed by atoms with Gasteiger partial charge in [0.2, 0.25) is 0 Å². The first-order valence-corrected chi connectivity index (χ1v) is 9.09. The normalized spacial score (nSPS) is 40.9. The quantitative estimate of drug-likeness (QED) is 0.774. The number of piperidine rings is 1. The Kier molecular flexibility index (Phi) is 5.40. The van der Waals surface area contributed by atoms with Crippen LogP contribution in [-0.2, 0) is 0 Å². The minimum atomic E-state index is 0.637. The van der Waals surface area contributed by atoms with Crippen molar-refractivity contribution < 1.29 is 0 Å². The molecule has 0 radical (unpaired) electrons. The highest BCUT2D eigenvalue weighted by atomic mass is 15.3. The lowest BCUT2D eigenvalue weighted by atomic mass is 9.86. The van der Waals surface area contributed by atoms with Crippen LogP contribution in [0.3, 0.4) is 0 Å². The second-order valence-electron chi connectivity index (χ2n) is 7.86. The largest absolute Gasteiger partial charge is 0.310 e. The number of likely N-dealkylation sites (N-methyl/N-ethyl adjacent to an activating group) is 4. The fourth-order valence-electron chi connectivity index (χ4n) is 4.79. The summed E-state index contributed by atoms with van der Waals surface area (Å²) in [5.74, 6) is 0. The molecule has 3 heterocycles. The summed E-state index contributed by atoms with van der Waals surface area (Å²) in [7, 11) is 9.24. The fraction of sp³-hybridized carbons (Fsp3) is 1.00. The smallest absolute Gasteiger partial charge is 0.0376 e. The molecule has 22 heavy (non-hydrogen) atoms. The van der Waals surface area contributed by atoms with Crippen molar-refractivity contribution in [2.45, 2.75) is 43.4 Å². The topological polar surface area (TPSA) is 25.0 Å². The van der Waals surface area contributed by atoms with Crippen LogP contribution in [0.15, 0.2) is 0 Å². The summed E-state index contributed by atoms with van der Waals surface area (Å²) in [6.45, 7) is 7.16. The highest BCUT2D eigenvalue weighted by Crippen LogP contribution is 2.29. The van der Waals surface area contributed by atoms with Crippen LogP contribution < -0.4 is 5.32 Å². The van der Waals surface area contributed by atoms with Gasteiger partial charge in [0.05, 0.1) is 0 Å². The molecule has 0 aromatic rings. The molecule has 0 bridgehead atoms. The molecule has 1 N–H and O–H groups in total. The van der Waals surface area contributed by atoms with Gasteiger partial charge in [0.25, 0.3) is 0 Å². The van der Waals surface area contributed by atoms with Crippen molar-refractivity contribution >= 4 is 0 Å². The Labute approximate surface area is 136 Å². The first-order valence-electron chi connectivity index (χ1n) is 9.09. The molecule has 128 valence electrons. The number of likely N-dealkylation sites (tertiary alicyclic amines) is 1. The Hall–Kier alpha value is -0.200. The van der Waals surface area contributed by atoms with Gasteiger partial charge in [-0.15, -0.1) is 0 Å². The average molecular weight is 310 g/mol. The van der Waals surface area contributed by atoms with Gasteiger partial charge in [-0.2, -0.15) is 0 Å². The van der Waals surface area contributed by atoms with E-state index in [4.69, 9.17) is 0 Å². The zero-order valence-electron chi connectivity index (χ0n) is 15.0. The maximum atomic E-state index is 3.79. The van der Waals surface area contributed by atoms with Gasteiger partial charge >= 0.3 is 0 Å². The monoisotopic (exact) mass is 309 g/mol. The van der Waals surface area contributed by atoms with Gasteiger partial charge in [-0.1, -0.05) is 6.42 Å². The molecule has 3 saturated heterocycles. The molecule has 5 heteroatoms. The minimum Gasteiger partial charge on any atom is -0.310 e. The zero-order chi connectivity index (χ0) is 15.7. The van der Waals surface area contributed by atoms with Crippen LogP contribution in [0.4, 0.5) is 0 Å². The van der Waals surface area contributed by atoms with Gasteiger partial charge in [-0.3, -0.25) is 9.80 Å². The number of nitrogens with one attached hydrogen (secondary N) is 1. The van der Waals surface area contributed by atoms with Gasteiger partial charge < -0.3 is 15.1 Å². The number of rotatable bonds is 2. The Morgan fingerprint density at radius 2 is 1.50 bits per heavy atom. The lowest BCUT2D eigenvalue weighted by molar-refractivity contribution is -0.00658. The zero-order valence-corrected chi connectivity index (χ0v) is 15.0. The lowest BCUT2D eigenvalue weighted by Gasteiger charge is -2.51. The van der Waals surface area contributed by atoms with Crippen LogP contribution >= 0.6 is 0 Å². The van der Waals surface area contributed by atoms with Crippen LogP contribution in [0.2, 0.25) is 0 Å². The Morgan fingerprint density at radius 3 is 2.27 bits per heavy atom. The second-order valence-corrected chi connectivity index (χ2v) is 7.86. The molecule has 0 saturated carbocycles. The van der Waals surface area contributed by atoms with E-state index < -0.39 is 0 Å². The van der Waals surface area contributed by atoms with Crippen molar-refractivity contribution in [1.29, 1.82) is 0 Å². The lowest BCUT2D eigenvalue weighted by Crippen LogP contribution is -2.66. The Balaban J connectivity index is 1.67. The number of hydrogen-bond donors (Lipinski definition) is 1. The first-order chi connectivity index (χ1) is 10.6. The summed E-state index contributed by atoms with van der Waals surface area (Å²) in [6, 6.07) is 2.73. The molecule has 5 nitrogen and oxygen atoms in total. The van der Waals surface area contributed by atoms with Gasteiger partial charge in [0.1, 0.15) is 0 Å². The number of hydrogen-bond acceptors (Lipinski definition) is 5. The third kappa shape index (κ3) is 3.49. The first kappa shape index (κ1) is 16.7. The maximum Gasteiger partial charge on any atom is 0.0376 e. The van der Waals surface area contributed by atoms with Crippen LogP contribution in [0.5, 0.6) is 0 Å². The van der Waals surface area contributed by atoms with E-state index in [1.54, 1.807) is 0 Å². The molecular formula is C17H35N5. The summed E-state index contributed by atoms with van der Waals surface area (Å²) in [5, 5.41) is 3.79. The molecule has 0 aromatic heterocycles. The Bertz CT molecular complexity index is 363. The van der Waals surface area contributed by atoms with E-state index in [0.29, 0.717) is 24.2 Å². The van der Waals surface area contributed by atoms with Crippen molar-refractivity contribution in [1.82, 2.24) is 24.9 Å². The number of nitrogens with zero attached hydrogens (tertiary/aromatic N) is 4. The summed E-state index contributed by atoms with van der Waals surface area (Å²) in [4.78, 5) is 10.3. The van der Waals surface area contributed by atoms with Crippen molar-refractivity contribution in [3.05, 3.63) is 0 Å². The van der Waals surface area contributed by atoms with Crippen molar-refractivity contribution in [2.75, 3.05) is 67.5 Å². The third-order valence-electron chi connectivity index (χ3n) is 6.26. The summed E-state index contributed by atoms with van der Waals surface area (Å²) in [5.41, 5.74) is 0. The molecule has 0 spiro atoms. The SMILES string of the molecule is CN1CCNC(C2CCCC(C3CN(C)CCN3C)N2C)C1. The molecule has 3 rings (SSSR count). The van der Waals surface area contributed by atoms with Crippen molar-refractivity contribution in [2.24, 2.45) is 0 Å². The standard InChI is InChI=1S/C17H35N5/c1-19-9-8-18-14(12-19)15-6-5-7-16(22(15)4)17-13-20(2)10-11-21(17)3/h14-18H,5-13H2,1-4H3. The highest BCUT2D eigenvalue weighted by Gasteiger charge is 2.40. The van der Waals surface area contributed by atoms with E-state index in [1.807, 2.05) is 0 Å². The van der Waals surface area contributed by atoms with Gasteiger partial charge in [0, 0.05) is 63.4 Å². The maximum absolute atomic E-state index is 3.79. The number of piperazine rings is 2. The molecule has 3 fully saturated rings. The summed E-state index contributed by atoms with van der Waals surface area (Å²) >= 11 is 0. The summed E-state index contributed by atoms with van der Waals surface area (Å²) < 4.78 is 0. The van der Waals surface area contributed by atoms with Crippen LogP contribution in [-0.4, -0.2) is 111 Å². The molecule has 3 aliphatic heterocycles. The second kappa shape index (κ2) is 7.14. The predicted octanol–water partition coefficient (Wildman–Crippen LogP) is -0.0113. The molecule has 0 aromatic carbocycles. The fourth-order valence-corrected chi connectivity index (χ4v) is 4.79. The van der Waals surface area contributed by atoms with E-state index in [9.17, 15) is 0 Å². The predicted molar refractivity (Wildman–Crippen MR) is 92.4 cm³/mol. The van der Waals surface area contributed by atoms with Gasteiger partial charge in [-0.05, 0) is 41.0 Å². The Morgan fingerprint density at radius 1 is 0.773 bits per heavy atom. The van der Waals surface area contributed by atoms with Gasteiger partial charge in [0.15, 0.2) is 0 Å². The van der Waals surface area contributed by atoms with Gasteiger partial charge in [-0.25, -0.2) is 0 Å². The van der Waals surface area contributed by atoms with E-state index in [2.05, 4.69) is 53.1 Å². The molecule has 0 amide bonds. The molecular weight excluding hydrogens is 274 g/mol. The van der Waals surface area contributed by atoms with Crippen LogP contribution in [0.1, 0.15) is 19.3 Å². The van der Waals surface area contributed by atoms with Crippen molar-refractivity contribution in [3.63, 3.8) is 0 Å². The van der Waals surface area contributed by atoms with E-state index in [1.165, 1.54) is 52.0 Å². The molecule has 3 aliphatic rings. The summed E-state index contributed by atoms with van der Waals surface area (Å²) in [6.07, 6.45) is 4.10. The van der Waals surface area contributed by atoms with Crippen LogP contribution in [0.25, 0.3) is 0 Å².